The van der Waals surface area contributed by atoms with Crippen molar-refractivity contribution >= 4 is 11.6 Å². The average Bonchev–Trinajstić information content (AvgIpc) is 2.42. The Morgan fingerprint density at radius 3 is 2.53 bits per heavy atom. The van der Waals surface area contributed by atoms with E-state index in [2.05, 4.69) is 0 Å². The third-order valence-electron chi connectivity index (χ3n) is 4.15. The number of rotatable bonds is 3. The normalized spacial score (nSPS) is 20.2. The van der Waals surface area contributed by atoms with Gasteiger partial charge in [0.05, 0.1) is 12.1 Å². The molecule has 0 saturated heterocycles. The summed E-state index contributed by atoms with van der Waals surface area (Å²) >= 11 is 6.01. The van der Waals surface area contributed by atoms with E-state index in [1.54, 1.807) is 19.1 Å². The van der Waals surface area contributed by atoms with Crippen molar-refractivity contribution in [3.05, 3.63) is 28.3 Å². The van der Waals surface area contributed by atoms with Crippen molar-refractivity contribution in [2.75, 3.05) is 0 Å². The summed E-state index contributed by atoms with van der Waals surface area (Å²) in [6, 6.07) is 2.77. The summed E-state index contributed by atoms with van der Waals surface area (Å²) < 4.78 is 0. The van der Waals surface area contributed by atoms with Gasteiger partial charge in [0.1, 0.15) is 5.75 Å². The molecule has 0 unspecified atom stereocenters. The molecular weight excluding hydrogens is 262 g/mol. The summed E-state index contributed by atoms with van der Waals surface area (Å²) in [6.07, 6.45) is 4.93. The fourth-order valence-corrected chi connectivity index (χ4v) is 3.25. The Morgan fingerprint density at radius 1 is 1.26 bits per heavy atom. The Morgan fingerprint density at radius 2 is 1.89 bits per heavy atom. The fourth-order valence-electron chi connectivity index (χ4n) is 2.97. The van der Waals surface area contributed by atoms with Crippen LogP contribution in [0.2, 0.25) is 5.02 Å². The molecule has 19 heavy (non-hydrogen) atoms. The molecule has 1 aromatic rings. The molecule has 2 rings (SSSR count). The maximum atomic E-state index is 10.4. The minimum Gasteiger partial charge on any atom is -0.507 e. The van der Waals surface area contributed by atoms with E-state index in [0.29, 0.717) is 16.1 Å². The molecule has 4 heteroatoms. The third-order valence-corrected chi connectivity index (χ3v) is 4.37. The van der Waals surface area contributed by atoms with Crippen LogP contribution in [0.25, 0.3) is 0 Å². The van der Waals surface area contributed by atoms with E-state index in [-0.39, 0.29) is 11.7 Å². The number of halogens is 1. The van der Waals surface area contributed by atoms with Crippen LogP contribution in [0.1, 0.15) is 49.3 Å². The van der Waals surface area contributed by atoms with E-state index >= 15 is 0 Å². The Balaban J connectivity index is 2.20. The summed E-state index contributed by atoms with van der Waals surface area (Å²) in [6.45, 7) is 1.78. The van der Waals surface area contributed by atoms with Crippen molar-refractivity contribution in [2.24, 2.45) is 11.7 Å². The molecule has 1 aliphatic rings. The van der Waals surface area contributed by atoms with Crippen LogP contribution in [0.3, 0.4) is 0 Å². The van der Waals surface area contributed by atoms with Crippen molar-refractivity contribution in [2.45, 2.75) is 51.2 Å². The predicted molar refractivity (Wildman–Crippen MR) is 77.4 cm³/mol. The number of aliphatic hydroxyl groups is 1. The SMILES string of the molecule is Cc1cc(Cl)cc([C@@H](N)[C@@H](O)C2CCCCC2)c1O. The molecule has 0 radical (unpaired) electrons. The Kier molecular flexibility index (Phi) is 4.71. The van der Waals surface area contributed by atoms with Crippen LogP contribution in [0.15, 0.2) is 12.1 Å². The molecule has 1 aliphatic carbocycles. The predicted octanol–water partition coefficient (Wildman–Crippen LogP) is 3.30. The van der Waals surface area contributed by atoms with Gasteiger partial charge in [-0.05, 0) is 43.4 Å². The Bertz CT molecular complexity index is 444. The second kappa shape index (κ2) is 6.12. The number of phenols is 1. The lowest BCUT2D eigenvalue weighted by molar-refractivity contribution is 0.0611. The van der Waals surface area contributed by atoms with E-state index in [0.717, 1.165) is 25.7 Å². The molecule has 0 amide bonds. The van der Waals surface area contributed by atoms with E-state index in [1.165, 1.54) is 6.42 Å². The molecule has 0 bridgehead atoms. The lowest BCUT2D eigenvalue weighted by Gasteiger charge is -2.31. The van der Waals surface area contributed by atoms with Gasteiger partial charge >= 0.3 is 0 Å². The zero-order chi connectivity index (χ0) is 14.0. The number of hydrogen-bond donors (Lipinski definition) is 3. The molecule has 2 atom stereocenters. The lowest BCUT2D eigenvalue weighted by atomic mass is 9.81. The highest BCUT2D eigenvalue weighted by molar-refractivity contribution is 6.30. The summed E-state index contributed by atoms with van der Waals surface area (Å²) in [5, 5.41) is 21.1. The molecule has 1 aromatic carbocycles. The lowest BCUT2D eigenvalue weighted by Crippen LogP contribution is -2.34. The summed E-state index contributed by atoms with van der Waals surface area (Å²) in [5.74, 6) is 0.370. The van der Waals surface area contributed by atoms with Crippen LogP contribution in [0.4, 0.5) is 0 Å². The van der Waals surface area contributed by atoms with Crippen LogP contribution in [0.5, 0.6) is 5.75 Å². The van der Waals surface area contributed by atoms with Gasteiger partial charge in [-0.1, -0.05) is 30.9 Å². The quantitative estimate of drug-likeness (QED) is 0.797. The van der Waals surface area contributed by atoms with Gasteiger partial charge in [0.15, 0.2) is 0 Å². The van der Waals surface area contributed by atoms with Crippen molar-refractivity contribution in [3.8, 4) is 5.75 Å². The van der Waals surface area contributed by atoms with Crippen molar-refractivity contribution in [1.29, 1.82) is 0 Å². The van der Waals surface area contributed by atoms with Gasteiger partial charge in [0, 0.05) is 10.6 Å². The van der Waals surface area contributed by atoms with Crippen molar-refractivity contribution < 1.29 is 10.2 Å². The van der Waals surface area contributed by atoms with Crippen LogP contribution in [0, 0.1) is 12.8 Å². The Hall–Kier alpha value is -0.770. The smallest absolute Gasteiger partial charge is 0.123 e. The highest BCUT2D eigenvalue weighted by Gasteiger charge is 2.29. The van der Waals surface area contributed by atoms with Crippen LogP contribution >= 0.6 is 11.6 Å². The number of aliphatic hydroxyl groups excluding tert-OH is 1. The van der Waals surface area contributed by atoms with Gasteiger partial charge < -0.3 is 15.9 Å². The molecule has 1 fully saturated rings. The maximum absolute atomic E-state index is 10.4. The van der Waals surface area contributed by atoms with Gasteiger partial charge in [-0.3, -0.25) is 0 Å². The van der Waals surface area contributed by atoms with Gasteiger partial charge in [0.25, 0.3) is 0 Å². The number of phenolic OH excluding ortho intramolecular Hbond substituents is 1. The van der Waals surface area contributed by atoms with Crippen LogP contribution in [-0.2, 0) is 0 Å². The minimum atomic E-state index is -0.621. The van der Waals surface area contributed by atoms with Crippen LogP contribution in [-0.4, -0.2) is 16.3 Å². The van der Waals surface area contributed by atoms with Gasteiger partial charge in [-0.15, -0.1) is 0 Å². The highest BCUT2D eigenvalue weighted by Crippen LogP contribution is 2.36. The highest BCUT2D eigenvalue weighted by atomic mass is 35.5. The molecule has 0 aromatic heterocycles. The van der Waals surface area contributed by atoms with Crippen molar-refractivity contribution in [3.63, 3.8) is 0 Å². The third kappa shape index (κ3) is 3.22. The number of aromatic hydroxyl groups is 1. The first-order valence-electron chi connectivity index (χ1n) is 6.93. The maximum Gasteiger partial charge on any atom is 0.123 e. The average molecular weight is 284 g/mol. The number of hydrogen-bond acceptors (Lipinski definition) is 3. The van der Waals surface area contributed by atoms with E-state index in [1.807, 2.05) is 0 Å². The topological polar surface area (TPSA) is 66.5 Å². The van der Waals surface area contributed by atoms with Crippen molar-refractivity contribution in [1.82, 2.24) is 0 Å². The second-order valence-corrected chi connectivity index (χ2v) is 6.01. The first kappa shape index (κ1) is 14.6. The molecule has 0 heterocycles. The Labute approximate surface area is 119 Å². The molecule has 1 saturated carbocycles. The van der Waals surface area contributed by atoms with E-state index < -0.39 is 12.1 Å². The molecule has 0 aliphatic heterocycles. The molecule has 106 valence electrons. The molecule has 3 nitrogen and oxygen atoms in total. The standard InChI is InChI=1S/C15H22ClNO2/c1-9-7-11(16)8-12(14(9)18)13(17)15(19)10-5-3-2-4-6-10/h7-8,10,13,15,18-19H,2-6,17H2,1H3/t13-,15+/m1/s1. The first-order chi connectivity index (χ1) is 9.00. The van der Waals surface area contributed by atoms with E-state index in [9.17, 15) is 10.2 Å². The first-order valence-corrected chi connectivity index (χ1v) is 7.31. The number of nitrogens with two attached hydrogens (primary N) is 1. The zero-order valence-corrected chi connectivity index (χ0v) is 12.0. The zero-order valence-electron chi connectivity index (χ0n) is 11.3. The summed E-state index contributed by atoms with van der Waals surface area (Å²) in [7, 11) is 0. The summed E-state index contributed by atoms with van der Waals surface area (Å²) in [4.78, 5) is 0. The van der Waals surface area contributed by atoms with Crippen LogP contribution < -0.4 is 5.73 Å². The van der Waals surface area contributed by atoms with Gasteiger partial charge in [-0.25, -0.2) is 0 Å². The molecule has 0 spiro atoms. The molecule has 4 N–H and O–H groups in total. The molecular formula is C15H22ClNO2. The summed E-state index contributed by atoms with van der Waals surface area (Å²) in [5.41, 5.74) is 7.37. The van der Waals surface area contributed by atoms with Gasteiger partial charge in [0.2, 0.25) is 0 Å². The fraction of sp³-hybridized carbons (Fsp3) is 0.600. The monoisotopic (exact) mass is 283 g/mol. The van der Waals surface area contributed by atoms with Gasteiger partial charge in [-0.2, -0.15) is 0 Å². The minimum absolute atomic E-state index is 0.145. The van der Waals surface area contributed by atoms with E-state index in [4.69, 9.17) is 17.3 Å². The number of aryl methyl sites for hydroxylation is 1. The largest absolute Gasteiger partial charge is 0.507 e. The number of benzene rings is 1. The second-order valence-electron chi connectivity index (χ2n) is 5.57.